The van der Waals surface area contributed by atoms with E-state index in [9.17, 15) is 26.3 Å². The van der Waals surface area contributed by atoms with Crippen LogP contribution in [0, 0.1) is 0 Å². The summed E-state index contributed by atoms with van der Waals surface area (Å²) in [7, 11) is 0. The summed E-state index contributed by atoms with van der Waals surface area (Å²) >= 11 is 0. The van der Waals surface area contributed by atoms with Crippen LogP contribution in [0.1, 0.15) is 12.8 Å². The van der Waals surface area contributed by atoms with Gasteiger partial charge in [0, 0.05) is 13.0 Å². The molecule has 0 atom stereocenters. The van der Waals surface area contributed by atoms with E-state index in [1.807, 2.05) is 0 Å². The van der Waals surface area contributed by atoms with Crippen molar-refractivity contribution >= 4 is 0 Å². The van der Waals surface area contributed by atoms with Gasteiger partial charge in [0.1, 0.15) is 0 Å². The fourth-order valence-corrected chi connectivity index (χ4v) is 0.778. The second-order valence-electron chi connectivity index (χ2n) is 2.76. The Hall–Kier alpha value is -0.500. The van der Waals surface area contributed by atoms with Crippen molar-refractivity contribution in [2.45, 2.75) is 25.4 Å². The fraction of sp³-hybridized carbons (Fsp3) is 1.00. The first-order valence-corrected chi connectivity index (χ1v) is 4.19. The van der Waals surface area contributed by atoms with Crippen molar-refractivity contribution in [3.8, 4) is 0 Å². The molecule has 0 aromatic rings. The third-order valence-corrected chi connectivity index (χ3v) is 1.36. The SMILES string of the molecule is FC(F)(F)CCCNCCOC(F)(F)F. The Labute approximate surface area is 82.6 Å². The average molecular weight is 239 g/mol. The fourth-order valence-electron chi connectivity index (χ4n) is 0.778. The summed E-state index contributed by atoms with van der Waals surface area (Å²) < 4.78 is 72.3. The molecular formula is C7H11F6NO. The number of nitrogens with one attached hydrogen (secondary N) is 1. The van der Waals surface area contributed by atoms with Crippen LogP contribution < -0.4 is 5.32 Å². The molecule has 0 aliphatic heterocycles. The first-order valence-electron chi connectivity index (χ1n) is 4.19. The lowest BCUT2D eigenvalue weighted by Crippen LogP contribution is -2.25. The highest BCUT2D eigenvalue weighted by Gasteiger charge is 2.28. The second-order valence-corrected chi connectivity index (χ2v) is 2.76. The van der Waals surface area contributed by atoms with Crippen molar-refractivity contribution in [2.24, 2.45) is 0 Å². The molecule has 0 spiro atoms. The molecule has 0 fully saturated rings. The zero-order valence-electron chi connectivity index (χ0n) is 7.71. The van der Waals surface area contributed by atoms with E-state index in [-0.39, 0.29) is 19.5 Å². The molecule has 2 nitrogen and oxygen atoms in total. The molecule has 0 rings (SSSR count). The number of halogens is 6. The van der Waals surface area contributed by atoms with E-state index in [1.165, 1.54) is 0 Å². The first-order chi connectivity index (χ1) is 6.71. The standard InChI is InChI=1S/C7H11F6NO/c8-6(9,10)2-1-3-14-4-5-15-7(11,12)13/h14H,1-5H2. The lowest BCUT2D eigenvalue weighted by molar-refractivity contribution is -0.323. The van der Waals surface area contributed by atoms with Crippen LogP contribution >= 0.6 is 0 Å². The normalized spacial score (nSPS) is 13.2. The smallest absolute Gasteiger partial charge is 0.314 e. The van der Waals surface area contributed by atoms with Crippen LogP contribution in [0.15, 0.2) is 0 Å². The molecule has 0 aliphatic rings. The van der Waals surface area contributed by atoms with Gasteiger partial charge in [0.25, 0.3) is 0 Å². The highest BCUT2D eigenvalue weighted by Crippen LogP contribution is 2.20. The maximum atomic E-state index is 11.6. The molecule has 0 aromatic carbocycles. The van der Waals surface area contributed by atoms with Crippen LogP contribution in [0.4, 0.5) is 26.3 Å². The predicted molar refractivity (Wildman–Crippen MR) is 40.2 cm³/mol. The van der Waals surface area contributed by atoms with Crippen molar-refractivity contribution in [3.63, 3.8) is 0 Å². The molecule has 0 heterocycles. The average Bonchev–Trinajstić information content (AvgIpc) is 1.98. The molecule has 0 unspecified atom stereocenters. The number of hydrogen-bond acceptors (Lipinski definition) is 2. The lowest BCUT2D eigenvalue weighted by atomic mass is 10.3. The van der Waals surface area contributed by atoms with Crippen LogP contribution in [-0.4, -0.2) is 32.2 Å². The van der Waals surface area contributed by atoms with E-state index in [0.29, 0.717) is 0 Å². The minimum absolute atomic E-state index is 0.0146. The van der Waals surface area contributed by atoms with Gasteiger partial charge in [-0.25, -0.2) is 0 Å². The van der Waals surface area contributed by atoms with E-state index >= 15 is 0 Å². The number of hydrogen-bond donors (Lipinski definition) is 1. The van der Waals surface area contributed by atoms with Gasteiger partial charge >= 0.3 is 12.5 Å². The summed E-state index contributed by atoms with van der Waals surface area (Å²) in [5, 5.41) is 2.41. The molecule has 92 valence electrons. The summed E-state index contributed by atoms with van der Waals surface area (Å²) in [5.74, 6) is 0. The van der Waals surface area contributed by atoms with Gasteiger partial charge in [-0.1, -0.05) is 0 Å². The van der Waals surface area contributed by atoms with E-state index in [0.717, 1.165) is 0 Å². The van der Waals surface area contributed by atoms with Crippen LogP contribution in [0.3, 0.4) is 0 Å². The third kappa shape index (κ3) is 13.5. The summed E-state index contributed by atoms with van der Waals surface area (Å²) in [6.45, 7) is -0.715. The molecule has 0 saturated carbocycles. The maximum Gasteiger partial charge on any atom is 0.522 e. The minimum Gasteiger partial charge on any atom is -0.314 e. The summed E-state index contributed by atoms with van der Waals surface area (Å²) in [4.78, 5) is 0. The zero-order valence-corrected chi connectivity index (χ0v) is 7.71. The van der Waals surface area contributed by atoms with Gasteiger partial charge in [-0.05, 0) is 13.0 Å². The number of ether oxygens (including phenoxy) is 1. The van der Waals surface area contributed by atoms with E-state index in [2.05, 4.69) is 10.1 Å². The molecule has 0 aromatic heterocycles. The summed E-state index contributed by atoms with van der Waals surface area (Å²) in [6, 6.07) is 0. The quantitative estimate of drug-likeness (QED) is 0.567. The third-order valence-electron chi connectivity index (χ3n) is 1.36. The molecule has 0 radical (unpaired) electrons. The minimum atomic E-state index is -4.69. The lowest BCUT2D eigenvalue weighted by Gasteiger charge is -2.09. The molecule has 0 aliphatic carbocycles. The van der Waals surface area contributed by atoms with Crippen molar-refractivity contribution in [1.82, 2.24) is 5.32 Å². The number of rotatable bonds is 6. The van der Waals surface area contributed by atoms with Gasteiger partial charge in [-0.3, -0.25) is 4.74 Å². The van der Waals surface area contributed by atoms with Crippen LogP contribution in [-0.2, 0) is 4.74 Å². The van der Waals surface area contributed by atoms with E-state index in [1.54, 1.807) is 0 Å². The summed E-state index contributed by atoms with van der Waals surface area (Å²) in [5.41, 5.74) is 0. The van der Waals surface area contributed by atoms with Crippen LogP contribution in [0.2, 0.25) is 0 Å². The van der Waals surface area contributed by atoms with Gasteiger partial charge in [0.15, 0.2) is 0 Å². The Balaban J connectivity index is 3.20. The topological polar surface area (TPSA) is 21.3 Å². The molecule has 15 heavy (non-hydrogen) atoms. The monoisotopic (exact) mass is 239 g/mol. The van der Waals surface area contributed by atoms with E-state index < -0.39 is 25.6 Å². The van der Waals surface area contributed by atoms with Crippen molar-refractivity contribution < 1.29 is 31.1 Å². The Morgan fingerprint density at radius 3 is 2.00 bits per heavy atom. The van der Waals surface area contributed by atoms with Gasteiger partial charge in [-0.15, -0.1) is 13.2 Å². The highest BCUT2D eigenvalue weighted by molar-refractivity contribution is 4.53. The molecule has 8 heteroatoms. The van der Waals surface area contributed by atoms with E-state index in [4.69, 9.17) is 0 Å². The Morgan fingerprint density at radius 1 is 0.933 bits per heavy atom. The van der Waals surface area contributed by atoms with Gasteiger partial charge in [-0.2, -0.15) is 13.2 Å². The van der Waals surface area contributed by atoms with Crippen molar-refractivity contribution in [3.05, 3.63) is 0 Å². The highest BCUT2D eigenvalue weighted by atomic mass is 19.4. The largest absolute Gasteiger partial charge is 0.522 e. The molecule has 0 saturated heterocycles. The second kappa shape index (κ2) is 6.16. The van der Waals surface area contributed by atoms with Crippen LogP contribution in [0.25, 0.3) is 0 Å². The Bertz CT molecular complexity index is 148. The van der Waals surface area contributed by atoms with Crippen LogP contribution in [0.5, 0.6) is 0 Å². The van der Waals surface area contributed by atoms with Crippen molar-refractivity contribution in [2.75, 3.05) is 19.7 Å². The van der Waals surface area contributed by atoms with Crippen molar-refractivity contribution in [1.29, 1.82) is 0 Å². The zero-order chi connectivity index (χ0) is 11.9. The van der Waals surface area contributed by atoms with Gasteiger partial charge in [0.2, 0.25) is 0 Å². The molecule has 0 amide bonds. The maximum absolute atomic E-state index is 11.6. The molecule has 0 bridgehead atoms. The molecular weight excluding hydrogens is 228 g/mol. The number of alkyl halides is 6. The Kier molecular flexibility index (Phi) is 5.96. The van der Waals surface area contributed by atoms with Gasteiger partial charge in [0.05, 0.1) is 6.61 Å². The first kappa shape index (κ1) is 14.5. The molecule has 1 N–H and O–H groups in total. The Morgan fingerprint density at radius 2 is 1.53 bits per heavy atom. The summed E-state index contributed by atoms with van der Waals surface area (Å²) in [6.07, 6.45) is -10.0. The van der Waals surface area contributed by atoms with Gasteiger partial charge < -0.3 is 5.32 Å². The predicted octanol–water partition coefficient (Wildman–Crippen LogP) is 2.45.